The Balaban J connectivity index is 2.21. The molecular formula is C14H24N4O2S. The molecule has 7 heteroatoms. The average molecular weight is 312 g/mol. The molecule has 0 spiro atoms. The summed E-state index contributed by atoms with van der Waals surface area (Å²) in [6, 6.07) is 0.574. The van der Waals surface area contributed by atoms with Crippen LogP contribution >= 0.6 is 11.8 Å². The summed E-state index contributed by atoms with van der Waals surface area (Å²) in [6.45, 7) is 8.31. The summed E-state index contributed by atoms with van der Waals surface area (Å²) in [7, 11) is 0. The lowest BCUT2D eigenvalue weighted by Gasteiger charge is -2.25. The molecule has 0 unspecified atom stereocenters. The van der Waals surface area contributed by atoms with Crippen LogP contribution in [0.3, 0.4) is 0 Å². The van der Waals surface area contributed by atoms with E-state index in [1.807, 2.05) is 0 Å². The van der Waals surface area contributed by atoms with E-state index in [2.05, 4.69) is 40.4 Å². The minimum Gasteiger partial charge on any atom is -0.481 e. The molecule has 1 aromatic heterocycles. The van der Waals surface area contributed by atoms with Gasteiger partial charge in [0.05, 0.1) is 5.75 Å². The molecule has 1 aliphatic rings. The number of carboxylic acids is 1. The molecule has 0 atom stereocenters. The molecule has 1 N–H and O–H groups in total. The standard InChI is InChI=1S/C14H24N4O2S/c1-4-7-17-13(15-16-14(17)21-9-12(19)20)18(8-10(2)3)11-5-6-11/h10-11H,4-9H2,1-3H3,(H,19,20). The quantitative estimate of drug-likeness (QED) is 0.706. The zero-order valence-electron chi connectivity index (χ0n) is 12.9. The topological polar surface area (TPSA) is 71.2 Å². The number of rotatable bonds is 9. The van der Waals surface area contributed by atoms with Crippen molar-refractivity contribution >= 4 is 23.7 Å². The summed E-state index contributed by atoms with van der Waals surface area (Å²) in [4.78, 5) is 13.1. The van der Waals surface area contributed by atoms with Gasteiger partial charge in [-0.2, -0.15) is 0 Å². The van der Waals surface area contributed by atoms with Crippen LogP contribution in [-0.2, 0) is 11.3 Å². The molecule has 1 fully saturated rings. The third kappa shape index (κ3) is 4.36. The first-order chi connectivity index (χ1) is 10.0. The summed E-state index contributed by atoms with van der Waals surface area (Å²) in [6.07, 6.45) is 3.40. The summed E-state index contributed by atoms with van der Waals surface area (Å²) < 4.78 is 2.08. The Morgan fingerprint density at radius 3 is 2.71 bits per heavy atom. The molecular weight excluding hydrogens is 288 g/mol. The second kappa shape index (κ2) is 7.15. The van der Waals surface area contributed by atoms with Crippen molar-refractivity contribution in [1.29, 1.82) is 0 Å². The van der Waals surface area contributed by atoms with Crippen molar-refractivity contribution in [2.24, 2.45) is 5.92 Å². The minimum absolute atomic E-state index is 0.0233. The van der Waals surface area contributed by atoms with E-state index in [0.29, 0.717) is 17.1 Å². The van der Waals surface area contributed by atoms with Crippen LogP contribution in [0.15, 0.2) is 5.16 Å². The Bertz CT molecular complexity index is 485. The number of carboxylic acid groups (broad SMARTS) is 1. The van der Waals surface area contributed by atoms with Crippen LogP contribution in [0, 0.1) is 5.92 Å². The molecule has 0 aromatic carbocycles. The second-order valence-electron chi connectivity index (χ2n) is 5.89. The second-order valence-corrected chi connectivity index (χ2v) is 6.84. The summed E-state index contributed by atoms with van der Waals surface area (Å²) in [5.74, 6) is 0.664. The lowest BCUT2D eigenvalue weighted by Crippen LogP contribution is -2.32. The highest BCUT2D eigenvalue weighted by Crippen LogP contribution is 2.33. The van der Waals surface area contributed by atoms with Crippen LogP contribution in [0.2, 0.25) is 0 Å². The van der Waals surface area contributed by atoms with E-state index >= 15 is 0 Å². The molecule has 0 bridgehead atoms. The van der Waals surface area contributed by atoms with Crippen LogP contribution in [-0.4, -0.2) is 44.2 Å². The lowest BCUT2D eigenvalue weighted by molar-refractivity contribution is -0.133. The first-order valence-corrected chi connectivity index (χ1v) is 8.55. The van der Waals surface area contributed by atoms with Crippen LogP contribution in [0.4, 0.5) is 5.95 Å². The highest BCUT2D eigenvalue weighted by molar-refractivity contribution is 7.99. The predicted molar refractivity (Wildman–Crippen MR) is 83.9 cm³/mol. The van der Waals surface area contributed by atoms with Crippen molar-refractivity contribution in [3.8, 4) is 0 Å². The van der Waals surface area contributed by atoms with Gasteiger partial charge in [0.15, 0.2) is 5.16 Å². The molecule has 0 amide bonds. The van der Waals surface area contributed by atoms with E-state index in [0.717, 1.165) is 25.5 Å². The maximum Gasteiger partial charge on any atom is 0.313 e. The number of aliphatic carboxylic acids is 1. The van der Waals surface area contributed by atoms with Crippen molar-refractivity contribution in [3.05, 3.63) is 0 Å². The third-order valence-corrected chi connectivity index (χ3v) is 4.23. The Morgan fingerprint density at radius 2 is 2.19 bits per heavy atom. The van der Waals surface area contributed by atoms with Gasteiger partial charge in [-0.15, -0.1) is 10.2 Å². The number of hydrogen-bond donors (Lipinski definition) is 1. The number of nitrogens with zero attached hydrogens (tertiary/aromatic N) is 4. The van der Waals surface area contributed by atoms with E-state index in [9.17, 15) is 4.79 Å². The average Bonchev–Trinajstić information content (AvgIpc) is 3.17. The van der Waals surface area contributed by atoms with Gasteiger partial charge in [-0.05, 0) is 25.2 Å². The largest absolute Gasteiger partial charge is 0.481 e. The first kappa shape index (κ1) is 16.1. The highest BCUT2D eigenvalue weighted by atomic mass is 32.2. The van der Waals surface area contributed by atoms with Crippen LogP contribution in [0.5, 0.6) is 0 Å². The van der Waals surface area contributed by atoms with Crippen molar-refractivity contribution in [3.63, 3.8) is 0 Å². The van der Waals surface area contributed by atoms with Gasteiger partial charge in [0.1, 0.15) is 0 Å². The summed E-state index contributed by atoms with van der Waals surface area (Å²) in [5, 5.41) is 18.1. The van der Waals surface area contributed by atoms with Crippen LogP contribution in [0.25, 0.3) is 0 Å². The minimum atomic E-state index is -0.825. The SMILES string of the molecule is CCCn1c(SCC(=O)O)nnc1N(CC(C)C)C1CC1. The smallest absolute Gasteiger partial charge is 0.313 e. The van der Waals surface area contributed by atoms with E-state index in [1.165, 1.54) is 24.6 Å². The highest BCUT2D eigenvalue weighted by Gasteiger charge is 2.33. The molecule has 0 radical (unpaired) electrons. The summed E-state index contributed by atoms with van der Waals surface area (Å²) >= 11 is 1.25. The molecule has 1 saturated carbocycles. The molecule has 6 nitrogen and oxygen atoms in total. The Morgan fingerprint density at radius 1 is 1.48 bits per heavy atom. The zero-order valence-corrected chi connectivity index (χ0v) is 13.8. The number of thioether (sulfide) groups is 1. The van der Waals surface area contributed by atoms with E-state index in [4.69, 9.17) is 5.11 Å². The summed E-state index contributed by atoms with van der Waals surface area (Å²) in [5.41, 5.74) is 0. The first-order valence-electron chi connectivity index (χ1n) is 7.57. The van der Waals surface area contributed by atoms with E-state index in [1.54, 1.807) is 0 Å². The molecule has 0 saturated heterocycles. The monoisotopic (exact) mass is 312 g/mol. The van der Waals surface area contributed by atoms with Gasteiger partial charge in [0.2, 0.25) is 5.95 Å². The van der Waals surface area contributed by atoms with E-state index in [-0.39, 0.29) is 5.75 Å². The number of anilines is 1. The van der Waals surface area contributed by atoms with Gasteiger partial charge in [-0.1, -0.05) is 32.5 Å². The number of carbonyl (C=O) groups is 1. The van der Waals surface area contributed by atoms with Crippen molar-refractivity contribution < 1.29 is 9.90 Å². The normalized spacial score (nSPS) is 14.7. The maximum atomic E-state index is 10.8. The molecule has 21 heavy (non-hydrogen) atoms. The number of aromatic nitrogens is 3. The van der Waals surface area contributed by atoms with E-state index < -0.39 is 5.97 Å². The van der Waals surface area contributed by atoms with Crippen LogP contribution < -0.4 is 4.90 Å². The number of hydrogen-bond acceptors (Lipinski definition) is 5. The van der Waals surface area contributed by atoms with Crippen molar-refractivity contribution in [2.45, 2.75) is 57.8 Å². The molecule has 0 aliphatic heterocycles. The predicted octanol–water partition coefficient (Wildman–Crippen LogP) is 2.49. The molecule has 1 aliphatic carbocycles. The third-order valence-electron chi connectivity index (χ3n) is 3.28. The van der Waals surface area contributed by atoms with Crippen LogP contribution in [0.1, 0.15) is 40.0 Å². The van der Waals surface area contributed by atoms with Gasteiger partial charge in [0, 0.05) is 19.1 Å². The van der Waals surface area contributed by atoms with Crippen molar-refractivity contribution in [2.75, 3.05) is 17.2 Å². The van der Waals surface area contributed by atoms with Gasteiger partial charge in [-0.3, -0.25) is 9.36 Å². The molecule has 2 rings (SSSR count). The fourth-order valence-corrected chi connectivity index (χ4v) is 3.00. The van der Waals surface area contributed by atoms with Gasteiger partial charge < -0.3 is 10.0 Å². The molecule has 1 heterocycles. The molecule has 1 aromatic rings. The lowest BCUT2D eigenvalue weighted by atomic mass is 10.2. The van der Waals surface area contributed by atoms with Crippen molar-refractivity contribution in [1.82, 2.24) is 14.8 Å². The molecule has 118 valence electrons. The Hall–Kier alpha value is -1.24. The zero-order chi connectivity index (χ0) is 15.4. The van der Waals surface area contributed by atoms with Gasteiger partial charge >= 0.3 is 5.97 Å². The van der Waals surface area contributed by atoms with Gasteiger partial charge in [-0.25, -0.2) is 0 Å². The fourth-order valence-electron chi connectivity index (χ4n) is 2.32. The van der Waals surface area contributed by atoms with Gasteiger partial charge in [0.25, 0.3) is 0 Å². The Kier molecular flexibility index (Phi) is 5.50. The fraction of sp³-hybridized carbons (Fsp3) is 0.786. The Labute approximate surface area is 129 Å². The maximum absolute atomic E-state index is 10.8.